The van der Waals surface area contributed by atoms with Gasteiger partial charge >= 0.3 is 0 Å². The van der Waals surface area contributed by atoms with Gasteiger partial charge < -0.3 is 9.84 Å². The van der Waals surface area contributed by atoms with Crippen molar-refractivity contribution < 1.29 is 9.84 Å². The summed E-state index contributed by atoms with van der Waals surface area (Å²) < 4.78 is 6.76. The van der Waals surface area contributed by atoms with E-state index in [1.165, 1.54) is 30.4 Å². The lowest BCUT2D eigenvalue weighted by molar-refractivity contribution is -0.123. The van der Waals surface area contributed by atoms with Crippen molar-refractivity contribution in [2.45, 2.75) is 97.4 Å². The maximum Gasteiger partial charge on any atom is 0.0861 e. The van der Waals surface area contributed by atoms with Crippen molar-refractivity contribution in [3.8, 4) is 0 Å². The van der Waals surface area contributed by atoms with E-state index in [1.807, 2.05) is 6.92 Å². The highest BCUT2D eigenvalue weighted by molar-refractivity contribution is 5.41. The van der Waals surface area contributed by atoms with Crippen LogP contribution in [0.3, 0.4) is 0 Å². The molecule has 2 nitrogen and oxygen atoms in total. The smallest absolute Gasteiger partial charge is 0.0861 e. The first-order valence-electron chi connectivity index (χ1n) is 12.6. The summed E-state index contributed by atoms with van der Waals surface area (Å²) in [4.78, 5) is 0. The molecule has 0 amide bonds. The number of fused-ring (bicyclic) bond motifs is 3. The van der Waals surface area contributed by atoms with Crippen LogP contribution in [-0.2, 0) is 16.6 Å². The molecule has 0 aromatic heterocycles. The minimum Gasteiger partial charge on any atom is -0.393 e. The van der Waals surface area contributed by atoms with Crippen molar-refractivity contribution in [1.82, 2.24) is 0 Å². The van der Waals surface area contributed by atoms with E-state index < -0.39 is 0 Å². The average Bonchev–Trinajstić information content (AvgIpc) is 2.73. The molecule has 2 heteroatoms. The van der Waals surface area contributed by atoms with E-state index >= 15 is 0 Å². The van der Waals surface area contributed by atoms with Gasteiger partial charge in [0.1, 0.15) is 0 Å². The highest BCUT2D eigenvalue weighted by Crippen LogP contribution is 2.62. The minimum atomic E-state index is -0.345. The van der Waals surface area contributed by atoms with Gasteiger partial charge in [0.15, 0.2) is 0 Å². The van der Waals surface area contributed by atoms with Crippen molar-refractivity contribution in [2.24, 2.45) is 17.3 Å². The average molecular weight is 435 g/mol. The second-order valence-electron chi connectivity index (χ2n) is 11.5. The monoisotopic (exact) mass is 434 g/mol. The molecule has 1 fully saturated rings. The number of aryl methyl sites for hydroxylation is 2. The second-order valence-corrected chi connectivity index (χ2v) is 11.5. The Kier molecular flexibility index (Phi) is 6.58. The van der Waals surface area contributed by atoms with Gasteiger partial charge in [0, 0.05) is 0 Å². The van der Waals surface area contributed by atoms with Crippen molar-refractivity contribution >= 4 is 0 Å². The standard InChI is InChI=1S/C30H42O2/c1-20-12-13-23-14-15-27-29(4,5)25(16-17-30(27,6)26(23)18-20)28(24-10-8-7-9-11-24)32-22(3)19-21(2)31/h7-13,18,21-22,25,27-28,31H,14-17,19H2,1-6H3/t21-,22-,25-,27+,28?,30-/m1/s1. The van der Waals surface area contributed by atoms with E-state index in [1.54, 1.807) is 11.1 Å². The van der Waals surface area contributed by atoms with Crippen LogP contribution in [0.15, 0.2) is 48.5 Å². The maximum absolute atomic E-state index is 9.94. The molecule has 0 saturated heterocycles. The predicted molar refractivity (Wildman–Crippen MR) is 133 cm³/mol. The van der Waals surface area contributed by atoms with Crippen molar-refractivity contribution in [2.75, 3.05) is 0 Å². The molecule has 0 aliphatic heterocycles. The molecule has 0 bridgehead atoms. The first kappa shape index (κ1) is 23.5. The van der Waals surface area contributed by atoms with Gasteiger partial charge in [-0.2, -0.15) is 0 Å². The van der Waals surface area contributed by atoms with E-state index in [9.17, 15) is 5.11 Å². The summed E-state index contributed by atoms with van der Waals surface area (Å²) in [5, 5.41) is 9.94. The van der Waals surface area contributed by atoms with Crippen LogP contribution in [-0.4, -0.2) is 17.3 Å². The van der Waals surface area contributed by atoms with E-state index in [0.29, 0.717) is 18.3 Å². The SMILES string of the molecule is Cc1ccc2c(c1)[C@@]1(C)CC[C@H](C(O[C@H](C)C[C@@H](C)O)c3ccccc3)C(C)(C)[C@@H]1CC2. The lowest BCUT2D eigenvalue weighted by Crippen LogP contribution is -2.53. The highest BCUT2D eigenvalue weighted by atomic mass is 16.5. The fraction of sp³-hybridized carbons (Fsp3) is 0.600. The molecule has 4 rings (SSSR count). The fourth-order valence-electron chi connectivity index (χ4n) is 7.21. The molecular formula is C30H42O2. The molecule has 32 heavy (non-hydrogen) atoms. The van der Waals surface area contributed by atoms with Gasteiger partial charge in [-0.25, -0.2) is 0 Å². The Hall–Kier alpha value is -1.64. The molecule has 2 aliphatic rings. The van der Waals surface area contributed by atoms with Crippen molar-refractivity contribution in [3.05, 3.63) is 70.8 Å². The normalized spacial score (nSPS) is 29.5. The third kappa shape index (κ3) is 4.29. The molecule has 6 atom stereocenters. The zero-order chi connectivity index (χ0) is 23.1. The Balaban J connectivity index is 1.69. The molecule has 1 unspecified atom stereocenters. The molecule has 0 radical (unpaired) electrons. The quantitative estimate of drug-likeness (QED) is 0.522. The summed E-state index contributed by atoms with van der Waals surface area (Å²) in [6.07, 6.45) is 5.21. The third-order valence-corrected chi connectivity index (χ3v) is 8.73. The number of hydrogen-bond acceptors (Lipinski definition) is 2. The van der Waals surface area contributed by atoms with Crippen LogP contribution in [0, 0.1) is 24.2 Å². The lowest BCUT2D eigenvalue weighted by Gasteiger charge is -2.59. The van der Waals surface area contributed by atoms with E-state index in [4.69, 9.17) is 4.74 Å². The summed E-state index contributed by atoms with van der Waals surface area (Å²) >= 11 is 0. The molecule has 174 valence electrons. The summed E-state index contributed by atoms with van der Waals surface area (Å²) in [5.74, 6) is 1.08. The highest BCUT2D eigenvalue weighted by Gasteiger charge is 2.55. The third-order valence-electron chi connectivity index (χ3n) is 8.73. The first-order valence-corrected chi connectivity index (χ1v) is 12.6. The molecule has 1 N–H and O–H groups in total. The van der Waals surface area contributed by atoms with Gasteiger partial charge in [-0.3, -0.25) is 0 Å². The van der Waals surface area contributed by atoms with Gasteiger partial charge in [0.2, 0.25) is 0 Å². The molecule has 2 aliphatic carbocycles. The van der Waals surface area contributed by atoms with Crippen LogP contribution in [0.5, 0.6) is 0 Å². The van der Waals surface area contributed by atoms with Crippen molar-refractivity contribution in [1.29, 1.82) is 0 Å². The number of hydrogen-bond donors (Lipinski definition) is 1. The minimum absolute atomic E-state index is 0.0269. The van der Waals surface area contributed by atoms with Gasteiger partial charge in [-0.1, -0.05) is 74.9 Å². The molecular weight excluding hydrogens is 392 g/mol. The molecule has 0 heterocycles. The van der Waals surface area contributed by atoms with E-state index in [-0.39, 0.29) is 29.1 Å². The van der Waals surface area contributed by atoms with Crippen LogP contribution in [0.25, 0.3) is 0 Å². The van der Waals surface area contributed by atoms with E-state index in [2.05, 4.69) is 83.1 Å². The molecule has 2 aromatic carbocycles. The van der Waals surface area contributed by atoms with Crippen LogP contribution >= 0.6 is 0 Å². The molecule has 2 aromatic rings. The number of aliphatic hydroxyl groups excluding tert-OH is 1. The van der Waals surface area contributed by atoms with Crippen LogP contribution in [0.1, 0.15) is 88.7 Å². The zero-order valence-electron chi connectivity index (χ0n) is 20.9. The zero-order valence-corrected chi connectivity index (χ0v) is 20.9. The Bertz CT molecular complexity index is 916. The van der Waals surface area contributed by atoms with Crippen molar-refractivity contribution in [3.63, 3.8) is 0 Å². The summed E-state index contributed by atoms with van der Waals surface area (Å²) in [6.45, 7) is 13.7. The summed E-state index contributed by atoms with van der Waals surface area (Å²) in [5.41, 5.74) is 6.19. The number of benzene rings is 2. The lowest BCUT2D eigenvalue weighted by atomic mass is 9.46. The topological polar surface area (TPSA) is 29.5 Å². The Morgan fingerprint density at radius 2 is 1.75 bits per heavy atom. The maximum atomic E-state index is 9.94. The Morgan fingerprint density at radius 3 is 2.44 bits per heavy atom. The number of rotatable bonds is 6. The van der Waals surface area contributed by atoms with E-state index in [0.717, 1.165) is 6.42 Å². The van der Waals surface area contributed by atoms with Crippen LogP contribution in [0.2, 0.25) is 0 Å². The molecule has 0 spiro atoms. The van der Waals surface area contributed by atoms with Gasteiger partial charge in [0.25, 0.3) is 0 Å². The second kappa shape index (κ2) is 8.95. The summed E-state index contributed by atoms with van der Waals surface area (Å²) in [7, 11) is 0. The largest absolute Gasteiger partial charge is 0.393 e. The van der Waals surface area contributed by atoms with Gasteiger partial charge in [-0.15, -0.1) is 0 Å². The molecule has 1 saturated carbocycles. The number of aliphatic hydroxyl groups is 1. The van der Waals surface area contributed by atoms with Crippen LogP contribution < -0.4 is 0 Å². The first-order chi connectivity index (χ1) is 15.1. The van der Waals surface area contributed by atoms with Gasteiger partial charge in [0.05, 0.1) is 18.3 Å². The predicted octanol–water partition coefficient (Wildman–Crippen LogP) is 7.17. The summed E-state index contributed by atoms with van der Waals surface area (Å²) in [6, 6.07) is 17.9. The fourth-order valence-corrected chi connectivity index (χ4v) is 7.21. The number of ether oxygens (including phenoxy) is 1. The van der Waals surface area contributed by atoms with Gasteiger partial charge in [-0.05, 0) is 92.2 Å². The Morgan fingerprint density at radius 1 is 1.03 bits per heavy atom. The van der Waals surface area contributed by atoms with Crippen LogP contribution in [0.4, 0.5) is 0 Å². The Labute approximate surface area is 195 Å².